The molecule has 0 radical (unpaired) electrons. The first kappa shape index (κ1) is 17.3. The maximum Gasteiger partial charge on any atom is 0.292 e. The van der Waals surface area contributed by atoms with Gasteiger partial charge in [0.15, 0.2) is 0 Å². The van der Waals surface area contributed by atoms with Crippen LogP contribution in [0, 0.1) is 15.9 Å². The Morgan fingerprint density at radius 1 is 1.20 bits per heavy atom. The molecule has 2 aromatic carbocycles. The summed E-state index contributed by atoms with van der Waals surface area (Å²) < 4.78 is 18.9. The van der Waals surface area contributed by atoms with Crippen molar-refractivity contribution < 1.29 is 14.1 Å². The average Bonchev–Trinajstić information content (AvgIpc) is 2.63. The van der Waals surface area contributed by atoms with Crippen LogP contribution in [0.15, 0.2) is 48.5 Å². The SMILES string of the molecule is O=[N+]([O-])c1ccc(F)cc1NCC(c1ccccc1)N1CCOCC1. The highest BCUT2D eigenvalue weighted by Crippen LogP contribution is 2.28. The second-order valence-corrected chi connectivity index (χ2v) is 5.87. The van der Waals surface area contributed by atoms with Crippen LogP contribution in [0.25, 0.3) is 0 Å². The Balaban J connectivity index is 1.81. The molecule has 1 aliphatic rings. The number of hydrogen-bond donors (Lipinski definition) is 1. The Bertz CT molecular complexity index is 721. The highest BCUT2D eigenvalue weighted by molar-refractivity contribution is 5.61. The van der Waals surface area contributed by atoms with Gasteiger partial charge in [-0.05, 0) is 11.6 Å². The van der Waals surface area contributed by atoms with E-state index in [0.29, 0.717) is 19.8 Å². The molecule has 1 aliphatic heterocycles. The third-order valence-corrected chi connectivity index (χ3v) is 4.31. The second kappa shape index (κ2) is 8.04. The topological polar surface area (TPSA) is 67.6 Å². The molecule has 0 saturated carbocycles. The van der Waals surface area contributed by atoms with Crippen molar-refractivity contribution in [2.45, 2.75) is 6.04 Å². The number of halogens is 1. The number of rotatable bonds is 6. The quantitative estimate of drug-likeness (QED) is 0.643. The van der Waals surface area contributed by atoms with Crippen molar-refractivity contribution in [2.75, 3.05) is 38.2 Å². The van der Waals surface area contributed by atoms with E-state index in [9.17, 15) is 14.5 Å². The van der Waals surface area contributed by atoms with E-state index in [4.69, 9.17) is 4.74 Å². The van der Waals surface area contributed by atoms with Crippen molar-refractivity contribution in [3.05, 3.63) is 70.0 Å². The molecule has 7 heteroatoms. The van der Waals surface area contributed by atoms with Gasteiger partial charge in [0, 0.05) is 31.8 Å². The summed E-state index contributed by atoms with van der Waals surface area (Å²) in [7, 11) is 0. The molecular weight excluding hydrogens is 325 g/mol. The number of hydrogen-bond acceptors (Lipinski definition) is 5. The molecule has 6 nitrogen and oxygen atoms in total. The fraction of sp³-hybridized carbons (Fsp3) is 0.333. The lowest BCUT2D eigenvalue weighted by atomic mass is 10.0. The predicted molar refractivity (Wildman–Crippen MR) is 93.1 cm³/mol. The molecule has 0 amide bonds. The normalized spacial score (nSPS) is 16.4. The molecule has 25 heavy (non-hydrogen) atoms. The molecule has 1 atom stereocenters. The number of nitrogens with zero attached hydrogens (tertiary/aromatic N) is 2. The van der Waals surface area contributed by atoms with Gasteiger partial charge in [-0.2, -0.15) is 0 Å². The van der Waals surface area contributed by atoms with Crippen LogP contribution in [0.5, 0.6) is 0 Å². The Kier molecular flexibility index (Phi) is 5.57. The molecular formula is C18H20FN3O3. The van der Waals surface area contributed by atoms with Gasteiger partial charge >= 0.3 is 0 Å². The maximum absolute atomic E-state index is 13.5. The van der Waals surface area contributed by atoms with Gasteiger partial charge in [-0.25, -0.2) is 4.39 Å². The number of morpholine rings is 1. The largest absolute Gasteiger partial charge is 0.379 e. The van der Waals surface area contributed by atoms with Gasteiger partial charge < -0.3 is 10.1 Å². The lowest BCUT2D eigenvalue weighted by Crippen LogP contribution is -2.41. The summed E-state index contributed by atoms with van der Waals surface area (Å²) in [4.78, 5) is 12.9. The minimum atomic E-state index is -0.506. The van der Waals surface area contributed by atoms with E-state index in [1.54, 1.807) is 0 Å². The molecule has 1 unspecified atom stereocenters. The van der Waals surface area contributed by atoms with Crippen molar-refractivity contribution in [1.82, 2.24) is 4.90 Å². The van der Waals surface area contributed by atoms with Gasteiger partial charge in [0.2, 0.25) is 0 Å². The molecule has 0 bridgehead atoms. The van der Waals surface area contributed by atoms with Crippen molar-refractivity contribution in [1.29, 1.82) is 0 Å². The molecule has 132 valence electrons. The van der Waals surface area contributed by atoms with Gasteiger partial charge in [0.1, 0.15) is 11.5 Å². The first-order chi connectivity index (χ1) is 12.1. The lowest BCUT2D eigenvalue weighted by molar-refractivity contribution is -0.384. The van der Waals surface area contributed by atoms with Crippen LogP contribution in [-0.2, 0) is 4.74 Å². The number of ether oxygens (including phenoxy) is 1. The molecule has 1 heterocycles. The number of nitrogens with one attached hydrogen (secondary N) is 1. The molecule has 0 aromatic heterocycles. The second-order valence-electron chi connectivity index (χ2n) is 5.87. The first-order valence-corrected chi connectivity index (χ1v) is 8.19. The van der Waals surface area contributed by atoms with E-state index >= 15 is 0 Å². The van der Waals surface area contributed by atoms with E-state index in [1.807, 2.05) is 30.3 Å². The summed E-state index contributed by atoms with van der Waals surface area (Å²) in [5.74, 6) is -0.504. The van der Waals surface area contributed by atoms with Crippen LogP contribution in [0.1, 0.15) is 11.6 Å². The summed E-state index contributed by atoms with van der Waals surface area (Å²) >= 11 is 0. The summed E-state index contributed by atoms with van der Waals surface area (Å²) in [5.41, 5.74) is 1.17. The highest BCUT2D eigenvalue weighted by Gasteiger charge is 2.23. The molecule has 1 fully saturated rings. The standard InChI is InChI=1S/C18H20FN3O3/c19-15-6-7-17(22(23)24)16(12-15)20-13-18(14-4-2-1-3-5-14)21-8-10-25-11-9-21/h1-7,12,18,20H,8-11,13H2. The highest BCUT2D eigenvalue weighted by atomic mass is 19.1. The minimum Gasteiger partial charge on any atom is -0.379 e. The van der Waals surface area contributed by atoms with Crippen molar-refractivity contribution >= 4 is 11.4 Å². The van der Waals surface area contributed by atoms with E-state index in [-0.39, 0.29) is 17.4 Å². The van der Waals surface area contributed by atoms with Crippen molar-refractivity contribution in [3.63, 3.8) is 0 Å². The maximum atomic E-state index is 13.5. The van der Waals surface area contributed by atoms with Crippen LogP contribution in [-0.4, -0.2) is 42.7 Å². The summed E-state index contributed by atoms with van der Waals surface area (Å²) in [6, 6.07) is 13.4. The van der Waals surface area contributed by atoms with E-state index < -0.39 is 10.7 Å². The van der Waals surface area contributed by atoms with Gasteiger partial charge in [-0.3, -0.25) is 15.0 Å². The zero-order valence-corrected chi connectivity index (χ0v) is 13.7. The van der Waals surface area contributed by atoms with Crippen LogP contribution in [0.3, 0.4) is 0 Å². The Morgan fingerprint density at radius 2 is 1.92 bits per heavy atom. The van der Waals surface area contributed by atoms with E-state index in [2.05, 4.69) is 10.2 Å². The van der Waals surface area contributed by atoms with Gasteiger partial charge in [-0.15, -0.1) is 0 Å². The molecule has 1 N–H and O–H groups in total. The fourth-order valence-corrected chi connectivity index (χ4v) is 3.04. The fourth-order valence-electron chi connectivity index (χ4n) is 3.04. The van der Waals surface area contributed by atoms with Gasteiger partial charge in [-0.1, -0.05) is 30.3 Å². The Morgan fingerprint density at radius 3 is 2.60 bits per heavy atom. The average molecular weight is 345 g/mol. The predicted octanol–water partition coefficient (Wildman–Crippen LogP) is 3.22. The van der Waals surface area contributed by atoms with Crippen LogP contribution < -0.4 is 5.32 Å². The van der Waals surface area contributed by atoms with E-state index in [0.717, 1.165) is 24.7 Å². The third kappa shape index (κ3) is 4.32. The number of nitro groups is 1. The Labute approximate surface area is 145 Å². The minimum absolute atomic E-state index is 0.0213. The monoisotopic (exact) mass is 345 g/mol. The Hall–Kier alpha value is -2.51. The molecule has 2 aromatic rings. The number of nitro benzene ring substituents is 1. The molecule has 1 saturated heterocycles. The summed E-state index contributed by atoms with van der Waals surface area (Å²) in [5, 5.41) is 14.2. The zero-order valence-electron chi connectivity index (χ0n) is 13.7. The zero-order chi connectivity index (χ0) is 17.6. The number of anilines is 1. The lowest BCUT2D eigenvalue weighted by Gasteiger charge is -2.35. The van der Waals surface area contributed by atoms with E-state index in [1.165, 1.54) is 12.1 Å². The summed E-state index contributed by atoms with van der Waals surface area (Å²) in [6.45, 7) is 3.32. The van der Waals surface area contributed by atoms with Gasteiger partial charge in [0.25, 0.3) is 5.69 Å². The van der Waals surface area contributed by atoms with Crippen LogP contribution in [0.2, 0.25) is 0 Å². The third-order valence-electron chi connectivity index (χ3n) is 4.31. The van der Waals surface area contributed by atoms with Crippen molar-refractivity contribution in [2.24, 2.45) is 0 Å². The van der Waals surface area contributed by atoms with Crippen LogP contribution >= 0.6 is 0 Å². The molecule has 0 spiro atoms. The van der Waals surface area contributed by atoms with Gasteiger partial charge in [0.05, 0.1) is 24.2 Å². The smallest absolute Gasteiger partial charge is 0.292 e. The molecule has 3 rings (SSSR count). The number of benzene rings is 2. The van der Waals surface area contributed by atoms with Crippen LogP contribution in [0.4, 0.5) is 15.8 Å². The first-order valence-electron chi connectivity index (χ1n) is 8.19. The summed E-state index contributed by atoms with van der Waals surface area (Å²) in [6.07, 6.45) is 0. The van der Waals surface area contributed by atoms with Crippen molar-refractivity contribution in [3.8, 4) is 0 Å². The molecule has 0 aliphatic carbocycles.